The first-order valence-corrected chi connectivity index (χ1v) is 6.10. The lowest BCUT2D eigenvalue weighted by Crippen LogP contribution is -2.05. The number of aromatic nitrogens is 1. The third-order valence-corrected chi connectivity index (χ3v) is 2.84. The molecule has 0 saturated heterocycles. The second-order valence-electron chi connectivity index (χ2n) is 4.21. The Balaban J connectivity index is 2.03. The van der Waals surface area contributed by atoms with Gasteiger partial charge >= 0.3 is 0 Å². The summed E-state index contributed by atoms with van der Waals surface area (Å²) in [7, 11) is 1.65. The van der Waals surface area contributed by atoms with E-state index in [4.69, 9.17) is 4.74 Å². The fourth-order valence-electron chi connectivity index (χ4n) is 1.81. The standard InChI is InChI=1S/C14H15N3O3/c1-20-10-12-5-3-2-4-11(12)8-15-14-7-6-13(9-16-14)17(18)19/h2-7,9H,8,10H2,1H3,(H,15,16). The molecule has 1 aromatic carbocycles. The lowest BCUT2D eigenvalue weighted by atomic mass is 10.1. The van der Waals surface area contributed by atoms with Gasteiger partial charge in [-0.15, -0.1) is 0 Å². The number of nitro groups is 1. The molecule has 1 N–H and O–H groups in total. The predicted molar refractivity (Wildman–Crippen MR) is 75.4 cm³/mol. The maximum atomic E-state index is 10.5. The van der Waals surface area contributed by atoms with Gasteiger partial charge in [-0.25, -0.2) is 4.98 Å². The van der Waals surface area contributed by atoms with Gasteiger partial charge in [0.25, 0.3) is 5.69 Å². The molecular formula is C14H15N3O3. The third-order valence-electron chi connectivity index (χ3n) is 2.84. The highest BCUT2D eigenvalue weighted by atomic mass is 16.6. The van der Waals surface area contributed by atoms with Crippen molar-refractivity contribution in [1.82, 2.24) is 4.98 Å². The minimum absolute atomic E-state index is 0.0182. The molecule has 104 valence electrons. The number of methoxy groups -OCH3 is 1. The topological polar surface area (TPSA) is 77.3 Å². The van der Waals surface area contributed by atoms with Crippen molar-refractivity contribution in [2.24, 2.45) is 0 Å². The maximum absolute atomic E-state index is 10.5. The van der Waals surface area contributed by atoms with Gasteiger partial charge in [0.15, 0.2) is 0 Å². The average molecular weight is 273 g/mol. The van der Waals surface area contributed by atoms with Gasteiger partial charge in [-0.2, -0.15) is 0 Å². The van der Waals surface area contributed by atoms with E-state index in [1.165, 1.54) is 12.3 Å². The summed E-state index contributed by atoms with van der Waals surface area (Å²) in [6.45, 7) is 1.13. The molecule has 1 heterocycles. The quantitative estimate of drug-likeness (QED) is 0.646. The smallest absolute Gasteiger partial charge is 0.287 e. The Morgan fingerprint density at radius 2 is 2.00 bits per heavy atom. The molecule has 0 aliphatic carbocycles. The molecule has 0 saturated carbocycles. The van der Waals surface area contributed by atoms with E-state index in [0.29, 0.717) is 19.0 Å². The van der Waals surface area contributed by atoms with Gasteiger partial charge in [0.2, 0.25) is 0 Å². The van der Waals surface area contributed by atoms with E-state index >= 15 is 0 Å². The van der Waals surface area contributed by atoms with E-state index in [0.717, 1.165) is 11.1 Å². The van der Waals surface area contributed by atoms with Gasteiger partial charge in [0.1, 0.15) is 12.0 Å². The van der Waals surface area contributed by atoms with Crippen molar-refractivity contribution in [2.45, 2.75) is 13.2 Å². The van der Waals surface area contributed by atoms with Crippen LogP contribution in [0.15, 0.2) is 42.6 Å². The lowest BCUT2D eigenvalue weighted by Gasteiger charge is -2.10. The second kappa shape index (κ2) is 6.63. The molecule has 0 radical (unpaired) electrons. The van der Waals surface area contributed by atoms with E-state index in [1.807, 2.05) is 24.3 Å². The normalized spacial score (nSPS) is 10.2. The zero-order valence-corrected chi connectivity index (χ0v) is 11.1. The largest absolute Gasteiger partial charge is 0.380 e. The van der Waals surface area contributed by atoms with Gasteiger partial charge in [-0.3, -0.25) is 10.1 Å². The van der Waals surface area contributed by atoms with E-state index < -0.39 is 4.92 Å². The summed E-state index contributed by atoms with van der Waals surface area (Å²) in [5, 5.41) is 13.7. The summed E-state index contributed by atoms with van der Waals surface area (Å²) in [6.07, 6.45) is 1.24. The first-order chi connectivity index (χ1) is 9.70. The number of benzene rings is 1. The van der Waals surface area contributed by atoms with E-state index in [9.17, 15) is 10.1 Å². The molecule has 0 atom stereocenters. The number of hydrogen-bond acceptors (Lipinski definition) is 5. The molecular weight excluding hydrogens is 258 g/mol. The lowest BCUT2D eigenvalue weighted by molar-refractivity contribution is -0.385. The maximum Gasteiger partial charge on any atom is 0.287 e. The van der Waals surface area contributed by atoms with Gasteiger partial charge in [0.05, 0.1) is 11.5 Å². The van der Waals surface area contributed by atoms with Gasteiger partial charge in [-0.1, -0.05) is 24.3 Å². The molecule has 0 aliphatic heterocycles. The summed E-state index contributed by atoms with van der Waals surface area (Å²) in [5.41, 5.74) is 2.19. The Bertz CT molecular complexity index is 584. The number of rotatable bonds is 6. The van der Waals surface area contributed by atoms with Crippen LogP contribution >= 0.6 is 0 Å². The van der Waals surface area contributed by atoms with E-state index in [2.05, 4.69) is 10.3 Å². The van der Waals surface area contributed by atoms with Crippen molar-refractivity contribution in [3.8, 4) is 0 Å². The van der Waals surface area contributed by atoms with Crippen LogP contribution in [0.5, 0.6) is 0 Å². The molecule has 0 bridgehead atoms. The zero-order chi connectivity index (χ0) is 14.4. The third kappa shape index (κ3) is 3.52. The van der Waals surface area contributed by atoms with Crippen molar-refractivity contribution in [3.05, 3.63) is 63.8 Å². The first kappa shape index (κ1) is 14.0. The van der Waals surface area contributed by atoms with Crippen LogP contribution < -0.4 is 5.32 Å². The highest BCUT2D eigenvalue weighted by molar-refractivity contribution is 5.41. The van der Waals surface area contributed by atoms with E-state index in [1.54, 1.807) is 13.2 Å². The van der Waals surface area contributed by atoms with Gasteiger partial charge in [0, 0.05) is 19.7 Å². The fourth-order valence-corrected chi connectivity index (χ4v) is 1.81. The van der Waals surface area contributed by atoms with Crippen molar-refractivity contribution in [1.29, 1.82) is 0 Å². The van der Waals surface area contributed by atoms with Crippen LogP contribution in [-0.4, -0.2) is 17.0 Å². The van der Waals surface area contributed by atoms with Gasteiger partial charge in [-0.05, 0) is 17.2 Å². The molecule has 6 heteroatoms. The first-order valence-electron chi connectivity index (χ1n) is 6.10. The second-order valence-corrected chi connectivity index (χ2v) is 4.21. The summed E-state index contributed by atoms with van der Waals surface area (Å²) in [4.78, 5) is 14.1. The molecule has 6 nitrogen and oxygen atoms in total. The molecule has 0 aliphatic rings. The minimum atomic E-state index is -0.468. The highest BCUT2D eigenvalue weighted by Gasteiger charge is 2.06. The van der Waals surface area contributed by atoms with Crippen molar-refractivity contribution in [2.75, 3.05) is 12.4 Å². The number of hydrogen-bond donors (Lipinski definition) is 1. The summed E-state index contributed by atoms with van der Waals surface area (Å²) in [6, 6.07) is 10.9. The van der Waals surface area contributed by atoms with Crippen LogP contribution in [0, 0.1) is 10.1 Å². The molecule has 0 spiro atoms. The highest BCUT2D eigenvalue weighted by Crippen LogP contribution is 2.15. The van der Waals surface area contributed by atoms with Crippen LogP contribution in [0.25, 0.3) is 0 Å². The number of anilines is 1. The minimum Gasteiger partial charge on any atom is -0.380 e. The molecule has 20 heavy (non-hydrogen) atoms. The predicted octanol–water partition coefficient (Wildman–Crippen LogP) is 2.75. The van der Waals surface area contributed by atoms with Crippen molar-refractivity contribution >= 4 is 11.5 Å². The molecule has 0 unspecified atom stereocenters. The summed E-state index contributed by atoms with van der Waals surface area (Å²) in [5.74, 6) is 0.600. The molecule has 2 aromatic rings. The fraction of sp³-hybridized carbons (Fsp3) is 0.214. The zero-order valence-electron chi connectivity index (χ0n) is 11.1. The molecule has 0 amide bonds. The van der Waals surface area contributed by atoms with Crippen LogP contribution in [0.3, 0.4) is 0 Å². The molecule has 0 fully saturated rings. The Morgan fingerprint density at radius 1 is 1.25 bits per heavy atom. The SMILES string of the molecule is COCc1ccccc1CNc1ccc([N+](=O)[O-])cn1. The van der Waals surface area contributed by atoms with Crippen molar-refractivity contribution in [3.63, 3.8) is 0 Å². The van der Waals surface area contributed by atoms with Crippen LogP contribution in [0.1, 0.15) is 11.1 Å². The molecule has 2 rings (SSSR count). The van der Waals surface area contributed by atoms with Crippen LogP contribution in [-0.2, 0) is 17.9 Å². The number of ether oxygens (including phenoxy) is 1. The van der Waals surface area contributed by atoms with Gasteiger partial charge < -0.3 is 10.1 Å². The monoisotopic (exact) mass is 273 g/mol. The Hall–Kier alpha value is -2.47. The molecule has 1 aromatic heterocycles. The van der Waals surface area contributed by atoms with E-state index in [-0.39, 0.29) is 5.69 Å². The summed E-state index contributed by atoms with van der Waals surface area (Å²) < 4.78 is 5.14. The Labute approximate surface area is 116 Å². The Kier molecular flexibility index (Phi) is 4.62. The summed E-state index contributed by atoms with van der Waals surface area (Å²) >= 11 is 0. The van der Waals surface area contributed by atoms with Crippen LogP contribution in [0.2, 0.25) is 0 Å². The van der Waals surface area contributed by atoms with Crippen molar-refractivity contribution < 1.29 is 9.66 Å². The average Bonchev–Trinajstić information content (AvgIpc) is 2.47. The number of pyridine rings is 1. The number of nitrogens with one attached hydrogen (secondary N) is 1. The van der Waals surface area contributed by atoms with Crippen LogP contribution in [0.4, 0.5) is 11.5 Å². The number of nitrogens with zero attached hydrogens (tertiary/aromatic N) is 2. The Morgan fingerprint density at radius 3 is 2.60 bits per heavy atom.